The smallest absolute Gasteiger partial charge is 0.399 e. The van der Waals surface area contributed by atoms with E-state index in [9.17, 15) is 8.78 Å². The monoisotopic (exact) mass is 284 g/mol. The van der Waals surface area contributed by atoms with Gasteiger partial charge in [-0.25, -0.2) is 9.37 Å². The molecule has 2 rings (SSSR count). The maximum Gasteiger partial charge on any atom is 0.502 e. The van der Waals surface area contributed by atoms with Crippen molar-refractivity contribution in [3.8, 4) is 0 Å². The van der Waals surface area contributed by atoms with Gasteiger partial charge in [-0.1, -0.05) is 0 Å². The van der Waals surface area contributed by atoms with Gasteiger partial charge in [-0.3, -0.25) is 0 Å². The molecule has 2 heterocycles. The van der Waals surface area contributed by atoms with Crippen LogP contribution in [0.3, 0.4) is 0 Å². The summed E-state index contributed by atoms with van der Waals surface area (Å²) < 4.78 is 39.6. The van der Waals surface area contributed by atoms with Gasteiger partial charge in [0.15, 0.2) is 0 Å². The summed E-state index contributed by atoms with van der Waals surface area (Å²) >= 11 is 0. The average Bonchev–Trinajstić information content (AvgIpc) is 2.46. The van der Waals surface area contributed by atoms with Crippen molar-refractivity contribution in [1.29, 1.82) is 0 Å². The van der Waals surface area contributed by atoms with Crippen molar-refractivity contribution in [2.45, 2.75) is 38.9 Å². The molecule has 0 spiro atoms. The molecular formula is C13H19BF2N2O2. The molecule has 1 aromatic rings. The van der Waals surface area contributed by atoms with Crippen LogP contribution in [0.1, 0.15) is 27.7 Å². The van der Waals surface area contributed by atoms with Crippen LogP contribution in [-0.4, -0.2) is 37.4 Å². The largest absolute Gasteiger partial charge is 0.502 e. The Morgan fingerprint density at radius 1 is 1.10 bits per heavy atom. The van der Waals surface area contributed by atoms with Crippen LogP contribution in [0, 0.1) is 11.8 Å². The molecule has 0 saturated carbocycles. The Hall–Kier alpha value is -1.21. The SMILES string of the molecule is CN(C)c1cc(F)c(B2OC(C)(C)C(C)(C)O2)c(F)n1. The zero-order valence-electron chi connectivity index (χ0n) is 12.6. The van der Waals surface area contributed by atoms with Crippen LogP contribution >= 0.6 is 0 Å². The van der Waals surface area contributed by atoms with Crippen molar-refractivity contribution < 1.29 is 18.1 Å². The first-order valence-corrected chi connectivity index (χ1v) is 6.44. The number of anilines is 1. The standard InChI is InChI=1S/C13H19BF2N2O2/c1-12(2)13(3,4)20-14(19-12)10-8(15)7-9(18(5)6)17-11(10)16/h7H,1-6H3. The first-order chi connectivity index (χ1) is 9.05. The highest BCUT2D eigenvalue weighted by molar-refractivity contribution is 6.62. The lowest BCUT2D eigenvalue weighted by Crippen LogP contribution is -2.41. The van der Waals surface area contributed by atoms with Crippen molar-refractivity contribution in [2.24, 2.45) is 0 Å². The van der Waals surface area contributed by atoms with Gasteiger partial charge in [0.2, 0.25) is 5.95 Å². The van der Waals surface area contributed by atoms with E-state index >= 15 is 0 Å². The number of rotatable bonds is 2. The summed E-state index contributed by atoms with van der Waals surface area (Å²) in [6.45, 7) is 7.30. The van der Waals surface area contributed by atoms with Gasteiger partial charge in [-0.15, -0.1) is 0 Å². The lowest BCUT2D eigenvalue weighted by molar-refractivity contribution is 0.00578. The topological polar surface area (TPSA) is 34.6 Å². The molecule has 1 aliphatic rings. The number of hydrogen-bond donors (Lipinski definition) is 0. The number of pyridine rings is 1. The molecule has 0 aromatic carbocycles. The highest BCUT2D eigenvalue weighted by Crippen LogP contribution is 2.36. The van der Waals surface area contributed by atoms with Crippen molar-refractivity contribution in [2.75, 3.05) is 19.0 Å². The molecule has 110 valence electrons. The summed E-state index contributed by atoms with van der Waals surface area (Å²) in [7, 11) is 2.23. The fourth-order valence-corrected chi connectivity index (χ4v) is 1.88. The number of hydrogen-bond acceptors (Lipinski definition) is 4. The summed E-state index contributed by atoms with van der Waals surface area (Å²) in [6.07, 6.45) is 0. The summed E-state index contributed by atoms with van der Waals surface area (Å²) in [5.41, 5.74) is -1.60. The second-order valence-corrected chi connectivity index (χ2v) is 6.15. The molecule has 1 aromatic heterocycles. The zero-order chi connectivity index (χ0) is 15.3. The average molecular weight is 284 g/mol. The normalized spacial score (nSPS) is 20.3. The third-order valence-electron chi connectivity index (χ3n) is 3.90. The predicted octanol–water partition coefficient (Wildman–Crippen LogP) is 1.72. The molecule has 20 heavy (non-hydrogen) atoms. The molecule has 1 aliphatic heterocycles. The first kappa shape index (κ1) is 15.2. The van der Waals surface area contributed by atoms with Crippen molar-refractivity contribution in [3.63, 3.8) is 0 Å². The van der Waals surface area contributed by atoms with E-state index < -0.39 is 30.1 Å². The summed E-state index contributed by atoms with van der Waals surface area (Å²) in [5.74, 6) is -1.42. The van der Waals surface area contributed by atoms with Crippen molar-refractivity contribution in [3.05, 3.63) is 17.8 Å². The van der Waals surface area contributed by atoms with Crippen LogP contribution < -0.4 is 10.4 Å². The van der Waals surface area contributed by atoms with Crippen LogP contribution in [0.4, 0.5) is 14.6 Å². The Kier molecular flexibility index (Phi) is 3.54. The fourth-order valence-electron chi connectivity index (χ4n) is 1.88. The Bertz CT molecular complexity index is 496. The van der Waals surface area contributed by atoms with Gasteiger partial charge in [-0.05, 0) is 27.7 Å². The van der Waals surface area contributed by atoms with Gasteiger partial charge < -0.3 is 14.2 Å². The van der Waals surface area contributed by atoms with Gasteiger partial charge in [0.05, 0.1) is 16.7 Å². The lowest BCUT2D eigenvalue weighted by Gasteiger charge is -2.32. The van der Waals surface area contributed by atoms with Gasteiger partial charge in [-0.2, -0.15) is 4.39 Å². The van der Waals surface area contributed by atoms with E-state index in [0.29, 0.717) is 0 Å². The number of nitrogens with zero attached hydrogens (tertiary/aromatic N) is 2. The molecule has 0 bridgehead atoms. The third-order valence-corrected chi connectivity index (χ3v) is 3.90. The highest BCUT2D eigenvalue weighted by Gasteiger charge is 2.53. The molecule has 0 aliphatic carbocycles. The highest BCUT2D eigenvalue weighted by atomic mass is 19.1. The van der Waals surface area contributed by atoms with Gasteiger partial charge in [0.1, 0.15) is 11.6 Å². The molecule has 0 atom stereocenters. The second-order valence-electron chi connectivity index (χ2n) is 6.15. The van der Waals surface area contributed by atoms with Crippen LogP contribution in [0.25, 0.3) is 0 Å². The van der Waals surface area contributed by atoms with Crippen molar-refractivity contribution >= 4 is 18.4 Å². The molecule has 0 amide bonds. The van der Waals surface area contributed by atoms with E-state index in [4.69, 9.17) is 9.31 Å². The van der Waals surface area contributed by atoms with Crippen LogP contribution in [0.15, 0.2) is 6.07 Å². The first-order valence-electron chi connectivity index (χ1n) is 6.44. The van der Waals surface area contributed by atoms with Crippen LogP contribution in [0.2, 0.25) is 0 Å². The van der Waals surface area contributed by atoms with E-state index in [1.54, 1.807) is 14.1 Å². The Labute approximate surface area is 118 Å². The van der Waals surface area contributed by atoms with Crippen LogP contribution in [0.5, 0.6) is 0 Å². The summed E-state index contributed by atoms with van der Waals surface area (Å²) in [6, 6.07) is 1.17. The number of aromatic nitrogens is 1. The minimum Gasteiger partial charge on any atom is -0.399 e. The minimum atomic E-state index is -1.09. The fraction of sp³-hybridized carbons (Fsp3) is 0.615. The quantitative estimate of drug-likeness (QED) is 0.612. The summed E-state index contributed by atoms with van der Waals surface area (Å²) in [4.78, 5) is 5.26. The predicted molar refractivity (Wildman–Crippen MR) is 74.2 cm³/mol. The minimum absolute atomic E-state index is 0.209. The molecule has 0 unspecified atom stereocenters. The molecule has 4 nitrogen and oxygen atoms in total. The molecule has 0 N–H and O–H groups in total. The van der Waals surface area contributed by atoms with E-state index in [-0.39, 0.29) is 11.3 Å². The lowest BCUT2D eigenvalue weighted by atomic mass is 9.79. The van der Waals surface area contributed by atoms with Crippen LogP contribution in [-0.2, 0) is 9.31 Å². The maximum absolute atomic E-state index is 14.2. The second kappa shape index (κ2) is 4.67. The van der Waals surface area contributed by atoms with Gasteiger partial charge in [0, 0.05) is 20.2 Å². The van der Waals surface area contributed by atoms with Gasteiger partial charge >= 0.3 is 7.12 Å². The molecule has 0 radical (unpaired) electrons. The number of halogens is 2. The van der Waals surface area contributed by atoms with Gasteiger partial charge in [0.25, 0.3) is 0 Å². The molecule has 7 heteroatoms. The van der Waals surface area contributed by atoms with E-state index in [1.165, 1.54) is 11.0 Å². The maximum atomic E-state index is 14.2. The molecular weight excluding hydrogens is 265 g/mol. The van der Waals surface area contributed by atoms with Crippen molar-refractivity contribution in [1.82, 2.24) is 4.98 Å². The summed E-state index contributed by atoms with van der Waals surface area (Å²) in [5, 5.41) is 0. The van der Waals surface area contributed by atoms with E-state index in [2.05, 4.69) is 4.98 Å². The van der Waals surface area contributed by atoms with E-state index in [1.807, 2.05) is 27.7 Å². The third kappa shape index (κ3) is 2.40. The Morgan fingerprint density at radius 2 is 1.60 bits per heavy atom. The van der Waals surface area contributed by atoms with E-state index in [0.717, 1.165) is 0 Å². The Morgan fingerprint density at radius 3 is 2.00 bits per heavy atom. The zero-order valence-corrected chi connectivity index (χ0v) is 12.6. The molecule has 1 fully saturated rings. The molecule has 1 saturated heterocycles. The Balaban J connectivity index is 2.41.